The summed E-state index contributed by atoms with van der Waals surface area (Å²) < 4.78 is 1.89. The van der Waals surface area contributed by atoms with Crippen molar-refractivity contribution >= 4 is 12.0 Å². The Hall–Kier alpha value is -2.36. The molecule has 0 amide bonds. The summed E-state index contributed by atoms with van der Waals surface area (Å²) in [6, 6.07) is 10.1. The molecular weight excluding hydrogens is 276 g/mol. The predicted octanol–water partition coefficient (Wildman–Crippen LogP) is 3.93. The fourth-order valence-electron chi connectivity index (χ4n) is 2.59. The lowest BCUT2D eigenvalue weighted by atomic mass is 9.96. The molecule has 0 saturated heterocycles. The normalized spacial score (nSPS) is 11.4. The van der Waals surface area contributed by atoms with E-state index in [9.17, 15) is 4.79 Å². The SMILES string of the molecule is CCC(CC)c1nn(Cc2ccccc2)cc1/C=C/C(=O)O. The molecule has 0 aliphatic rings. The van der Waals surface area contributed by atoms with Crippen molar-refractivity contribution in [1.82, 2.24) is 9.78 Å². The third kappa shape index (κ3) is 4.07. The van der Waals surface area contributed by atoms with Gasteiger partial charge in [-0.05, 0) is 24.5 Å². The molecule has 1 aromatic carbocycles. The van der Waals surface area contributed by atoms with Crippen molar-refractivity contribution in [1.29, 1.82) is 0 Å². The van der Waals surface area contributed by atoms with Gasteiger partial charge in [-0.25, -0.2) is 4.79 Å². The van der Waals surface area contributed by atoms with Crippen LogP contribution in [0.25, 0.3) is 6.08 Å². The van der Waals surface area contributed by atoms with Crippen LogP contribution in [-0.4, -0.2) is 20.9 Å². The summed E-state index contributed by atoms with van der Waals surface area (Å²) in [4.78, 5) is 10.8. The molecule has 0 aliphatic carbocycles. The largest absolute Gasteiger partial charge is 0.478 e. The van der Waals surface area contributed by atoms with Crippen molar-refractivity contribution < 1.29 is 9.90 Å². The fraction of sp³-hybridized carbons (Fsp3) is 0.333. The highest BCUT2D eigenvalue weighted by Gasteiger charge is 2.15. The zero-order chi connectivity index (χ0) is 15.9. The molecule has 116 valence electrons. The monoisotopic (exact) mass is 298 g/mol. The number of hydrogen-bond acceptors (Lipinski definition) is 2. The molecule has 0 spiro atoms. The molecule has 1 N–H and O–H groups in total. The maximum Gasteiger partial charge on any atom is 0.328 e. The molecule has 1 aromatic heterocycles. The maximum absolute atomic E-state index is 10.8. The van der Waals surface area contributed by atoms with Gasteiger partial charge in [0.1, 0.15) is 0 Å². The van der Waals surface area contributed by atoms with Gasteiger partial charge < -0.3 is 5.11 Å². The van der Waals surface area contributed by atoms with Gasteiger partial charge in [-0.2, -0.15) is 5.10 Å². The van der Waals surface area contributed by atoms with E-state index < -0.39 is 5.97 Å². The summed E-state index contributed by atoms with van der Waals surface area (Å²) in [6.07, 6.45) is 6.74. The lowest BCUT2D eigenvalue weighted by Crippen LogP contribution is -2.03. The molecule has 0 atom stereocenters. The first-order valence-corrected chi connectivity index (χ1v) is 7.66. The first-order valence-electron chi connectivity index (χ1n) is 7.66. The third-order valence-corrected chi connectivity index (χ3v) is 3.79. The van der Waals surface area contributed by atoms with Crippen LogP contribution in [0.1, 0.15) is 49.4 Å². The lowest BCUT2D eigenvalue weighted by molar-refractivity contribution is -0.131. The van der Waals surface area contributed by atoms with Crippen LogP contribution in [0.2, 0.25) is 0 Å². The number of nitrogens with zero attached hydrogens (tertiary/aromatic N) is 2. The number of aliphatic carboxylic acids is 1. The Morgan fingerprint density at radius 2 is 1.95 bits per heavy atom. The van der Waals surface area contributed by atoms with Crippen LogP contribution in [0.4, 0.5) is 0 Å². The van der Waals surface area contributed by atoms with Gasteiger partial charge in [-0.3, -0.25) is 4.68 Å². The average molecular weight is 298 g/mol. The van der Waals surface area contributed by atoms with Gasteiger partial charge in [0.15, 0.2) is 0 Å². The second-order valence-electron chi connectivity index (χ2n) is 5.34. The number of aromatic nitrogens is 2. The molecule has 0 radical (unpaired) electrons. The molecule has 2 aromatic rings. The van der Waals surface area contributed by atoms with Crippen molar-refractivity contribution in [3.8, 4) is 0 Å². The molecule has 2 rings (SSSR count). The zero-order valence-electron chi connectivity index (χ0n) is 13.1. The number of carboxylic acid groups (broad SMARTS) is 1. The van der Waals surface area contributed by atoms with E-state index in [0.717, 1.165) is 24.1 Å². The van der Waals surface area contributed by atoms with Crippen LogP contribution in [0.15, 0.2) is 42.6 Å². The van der Waals surface area contributed by atoms with Crippen LogP contribution in [0.5, 0.6) is 0 Å². The molecule has 0 unspecified atom stereocenters. The number of rotatable bonds is 7. The van der Waals surface area contributed by atoms with Crippen molar-refractivity contribution in [3.63, 3.8) is 0 Å². The van der Waals surface area contributed by atoms with Gasteiger partial charge in [-0.15, -0.1) is 0 Å². The van der Waals surface area contributed by atoms with E-state index in [-0.39, 0.29) is 0 Å². The Balaban J connectivity index is 2.32. The summed E-state index contributed by atoms with van der Waals surface area (Å²) in [5.74, 6) is -0.586. The highest BCUT2D eigenvalue weighted by atomic mass is 16.4. The first-order chi connectivity index (χ1) is 10.6. The molecule has 0 saturated carbocycles. The molecule has 0 bridgehead atoms. The minimum Gasteiger partial charge on any atom is -0.478 e. The smallest absolute Gasteiger partial charge is 0.328 e. The molecule has 4 heteroatoms. The summed E-state index contributed by atoms with van der Waals surface area (Å²) in [6.45, 7) is 4.96. The van der Waals surface area contributed by atoms with Gasteiger partial charge in [0, 0.05) is 23.8 Å². The molecule has 4 nitrogen and oxygen atoms in total. The van der Waals surface area contributed by atoms with Crippen LogP contribution in [0, 0.1) is 0 Å². The van der Waals surface area contributed by atoms with Gasteiger partial charge >= 0.3 is 5.97 Å². The summed E-state index contributed by atoms with van der Waals surface area (Å²) in [7, 11) is 0. The van der Waals surface area contributed by atoms with Crippen molar-refractivity contribution in [2.75, 3.05) is 0 Å². The van der Waals surface area contributed by atoms with Gasteiger partial charge in [0.25, 0.3) is 0 Å². The summed E-state index contributed by atoms with van der Waals surface area (Å²) >= 11 is 0. The average Bonchev–Trinajstić information content (AvgIpc) is 2.90. The van der Waals surface area contributed by atoms with E-state index in [2.05, 4.69) is 26.0 Å². The zero-order valence-corrected chi connectivity index (χ0v) is 13.1. The first kappa shape index (κ1) is 16.0. The van der Waals surface area contributed by atoms with E-state index in [1.807, 2.05) is 29.1 Å². The Kier molecular flexibility index (Phi) is 5.53. The number of hydrogen-bond donors (Lipinski definition) is 1. The molecule has 1 heterocycles. The Bertz CT molecular complexity index is 640. The topological polar surface area (TPSA) is 55.1 Å². The van der Waals surface area contributed by atoms with E-state index in [0.29, 0.717) is 12.5 Å². The molecule has 22 heavy (non-hydrogen) atoms. The number of carboxylic acids is 1. The van der Waals surface area contributed by atoms with Crippen molar-refractivity contribution in [2.24, 2.45) is 0 Å². The fourth-order valence-corrected chi connectivity index (χ4v) is 2.59. The van der Waals surface area contributed by atoms with Gasteiger partial charge in [0.2, 0.25) is 0 Å². The van der Waals surface area contributed by atoms with E-state index in [1.54, 1.807) is 6.08 Å². The minimum atomic E-state index is -0.939. The minimum absolute atomic E-state index is 0.352. The Labute approximate surface area is 131 Å². The van der Waals surface area contributed by atoms with Crippen molar-refractivity contribution in [2.45, 2.75) is 39.2 Å². The molecule has 0 fully saturated rings. The third-order valence-electron chi connectivity index (χ3n) is 3.79. The van der Waals surface area contributed by atoms with Crippen LogP contribution < -0.4 is 0 Å². The van der Waals surface area contributed by atoms with Gasteiger partial charge in [-0.1, -0.05) is 44.2 Å². The summed E-state index contributed by atoms with van der Waals surface area (Å²) in [5, 5.41) is 13.5. The van der Waals surface area contributed by atoms with Crippen LogP contribution in [0.3, 0.4) is 0 Å². The highest BCUT2D eigenvalue weighted by molar-refractivity contribution is 5.85. The summed E-state index contributed by atoms with van der Waals surface area (Å²) in [5.41, 5.74) is 3.06. The van der Waals surface area contributed by atoms with Crippen LogP contribution in [-0.2, 0) is 11.3 Å². The Morgan fingerprint density at radius 1 is 1.27 bits per heavy atom. The molecule has 0 aliphatic heterocycles. The quantitative estimate of drug-likeness (QED) is 0.788. The van der Waals surface area contributed by atoms with Crippen molar-refractivity contribution in [3.05, 3.63) is 59.4 Å². The second kappa shape index (κ2) is 7.59. The Morgan fingerprint density at radius 3 is 2.55 bits per heavy atom. The van der Waals surface area contributed by atoms with E-state index in [1.165, 1.54) is 11.6 Å². The standard InChI is InChI=1S/C18H22N2O2/c1-3-15(4-2)18-16(10-11-17(21)22)13-20(19-18)12-14-8-6-5-7-9-14/h5-11,13,15H,3-4,12H2,1-2H3,(H,21,22)/b11-10+. The molecular formula is C18H22N2O2. The predicted molar refractivity (Wildman–Crippen MR) is 87.8 cm³/mol. The maximum atomic E-state index is 10.8. The highest BCUT2D eigenvalue weighted by Crippen LogP contribution is 2.26. The second-order valence-corrected chi connectivity index (χ2v) is 5.34. The number of benzene rings is 1. The van der Waals surface area contributed by atoms with E-state index in [4.69, 9.17) is 10.2 Å². The van der Waals surface area contributed by atoms with E-state index >= 15 is 0 Å². The number of carbonyl (C=O) groups is 1. The van der Waals surface area contributed by atoms with Crippen LogP contribution >= 0.6 is 0 Å². The lowest BCUT2D eigenvalue weighted by Gasteiger charge is -2.10. The van der Waals surface area contributed by atoms with Gasteiger partial charge in [0.05, 0.1) is 12.2 Å².